The van der Waals surface area contributed by atoms with Crippen molar-refractivity contribution in [3.05, 3.63) is 94.0 Å². The van der Waals surface area contributed by atoms with Gasteiger partial charge in [-0.25, -0.2) is 14.5 Å². The van der Waals surface area contributed by atoms with Crippen LogP contribution in [0.4, 0.5) is 28.8 Å². The van der Waals surface area contributed by atoms with Crippen LogP contribution in [0.25, 0.3) is 22.1 Å². The highest BCUT2D eigenvalue weighted by Crippen LogP contribution is 2.37. The van der Waals surface area contributed by atoms with E-state index in [1.165, 1.54) is 14.8 Å². The average molecular weight is 796 g/mol. The van der Waals surface area contributed by atoms with Crippen LogP contribution in [0.1, 0.15) is 67.6 Å². The minimum Gasteiger partial charge on any atom is -0.370 e. The molecule has 2 N–H and O–H groups in total. The maximum absolute atomic E-state index is 13.9. The minimum absolute atomic E-state index is 0.0801. The number of likely N-dealkylation sites (tertiary alicyclic amines) is 1. The normalized spacial score (nSPS) is 17.1. The van der Waals surface area contributed by atoms with Crippen molar-refractivity contribution >= 4 is 68.6 Å². The Bertz CT molecular complexity index is 2640. The van der Waals surface area contributed by atoms with Crippen LogP contribution in [0.2, 0.25) is 0 Å². The highest BCUT2D eigenvalue weighted by Gasteiger charge is 2.35. The Morgan fingerprint density at radius 1 is 0.797 bits per heavy atom. The van der Waals surface area contributed by atoms with Gasteiger partial charge in [0.05, 0.1) is 22.1 Å². The average Bonchev–Trinajstić information content (AvgIpc) is 3.69. The van der Waals surface area contributed by atoms with Gasteiger partial charge in [-0.3, -0.25) is 19.0 Å². The van der Waals surface area contributed by atoms with Crippen LogP contribution < -0.4 is 26.2 Å². The van der Waals surface area contributed by atoms with Crippen molar-refractivity contribution in [2.45, 2.75) is 64.7 Å². The van der Waals surface area contributed by atoms with Crippen molar-refractivity contribution in [3.8, 4) is 0 Å². The number of amides is 3. The summed E-state index contributed by atoms with van der Waals surface area (Å²) in [5, 5.41) is 13.6. The molecule has 0 bridgehead atoms. The van der Waals surface area contributed by atoms with Crippen LogP contribution in [0.5, 0.6) is 0 Å². The first-order chi connectivity index (χ1) is 28.6. The van der Waals surface area contributed by atoms with Crippen molar-refractivity contribution in [1.82, 2.24) is 33.9 Å². The van der Waals surface area contributed by atoms with E-state index < -0.39 is 5.69 Å². The van der Waals surface area contributed by atoms with Gasteiger partial charge in [0.25, 0.3) is 0 Å². The van der Waals surface area contributed by atoms with Gasteiger partial charge in [-0.15, -0.1) is 0 Å². The molecule has 0 radical (unpaired) electrons. The molecule has 9 rings (SSSR count). The summed E-state index contributed by atoms with van der Waals surface area (Å²) in [5.41, 5.74) is 7.79. The number of aryl methyl sites for hydroxylation is 4. The van der Waals surface area contributed by atoms with Gasteiger partial charge in [-0.05, 0) is 86.8 Å². The number of para-hydroxylation sites is 3. The molecule has 0 atom stereocenters. The third kappa shape index (κ3) is 6.87. The van der Waals surface area contributed by atoms with E-state index in [4.69, 9.17) is 15.1 Å². The fraction of sp³-hybridized carbons (Fsp3) is 0.386. The number of nitrogens with one attached hydrogen (secondary N) is 2. The smallest absolute Gasteiger partial charge is 0.348 e. The molecule has 3 aliphatic heterocycles. The molecule has 15 nitrogen and oxygen atoms in total. The van der Waals surface area contributed by atoms with Crippen LogP contribution in [0.15, 0.2) is 71.7 Å². The Morgan fingerprint density at radius 3 is 2.22 bits per heavy atom. The number of hydrogen-bond acceptors (Lipinski definition) is 10. The van der Waals surface area contributed by atoms with E-state index >= 15 is 0 Å². The summed E-state index contributed by atoms with van der Waals surface area (Å²) >= 11 is 0. The predicted molar refractivity (Wildman–Crippen MR) is 228 cm³/mol. The molecule has 3 fully saturated rings. The van der Waals surface area contributed by atoms with Gasteiger partial charge in [0.1, 0.15) is 0 Å². The summed E-state index contributed by atoms with van der Waals surface area (Å²) in [6.45, 7) is 6.84. The third-order valence-electron chi connectivity index (χ3n) is 12.4. The van der Waals surface area contributed by atoms with Gasteiger partial charge in [0, 0.05) is 76.6 Å². The number of anilines is 5. The summed E-state index contributed by atoms with van der Waals surface area (Å²) in [6.07, 6.45) is 5.87. The molecule has 304 valence electrons. The molecule has 0 aliphatic carbocycles. The van der Waals surface area contributed by atoms with Gasteiger partial charge in [-0.1, -0.05) is 42.5 Å². The molecule has 59 heavy (non-hydrogen) atoms. The number of benzene rings is 3. The van der Waals surface area contributed by atoms with Crippen LogP contribution in [0, 0.1) is 19.8 Å². The Morgan fingerprint density at radius 2 is 1.49 bits per heavy atom. The van der Waals surface area contributed by atoms with Crippen LogP contribution >= 0.6 is 0 Å². The van der Waals surface area contributed by atoms with Gasteiger partial charge in [0.15, 0.2) is 11.5 Å². The first-order valence-corrected chi connectivity index (χ1v) is 20.6. The van der Waals surface area contributed by atoms with Crippen LogP contribution in [0.3, 0.4) is 0 Å². The lowest BCUT2D eigenvalue weighted by Crippen LogP contribution is -2.52. The number of aromatic nitrogens is 6. The Labute approximate surface area is 341 Å². The standard InChI is InChI=1S/C44H49N11O4/c1-27-10-7-11-28(2)38(27)47-40-32-26-45-43(48-41(32)51(4)49-40)46-33-13-6-5-12-31(33)29-18-24-53(25-19-29)42(58)30-20-22-52(23-21-30)34-14-8-15-35-39(34)50(3)44(59)54(35)55-36(56)16-9-17-37(55)57/h5-8,10-15,26,29-30H,9,16-25H2,1-4H3,(H,47,49)(H,45,46,48). The maximum Gasteiger partial charge on any atom is 0.348 e. The minimum atomic E-state index is -0.432. The fourth-order valence-corrected chi connectivity index (χ4v) is 9.23. The molecule has 3 aromatic heterocycles. The largest absolute Gasteiger partial charge is 0.370 e. The van der Waals surface area contributed by atoms with Gasteiger partial charge in [0.2, 0.25) is 23.7 Å². The van der Waals surface area contributed by atoms with Gasteiger partial charge < -0.3 is 20.4 Å². The fourth-order valence-electron chi connectivity index (χ4n) is 9.23. The van der Waals surface area contributed by atoms with E-state index in [1.54, 1.807) is 17.8 Å². The molecule has 3 saturated heterocycles. The number of imide groups is 1. The van der Waals surface area contributed by atoms with E-state index in [2.05, 4.69) is 59.7 Å². The predicted octanol–water partition coefficient (Wildman–Crippen LogP) is 5.92. The molecule has 6 aromatic rings. The number of carbonyl (C=O) groups excluding carboxylic acids is 3. The molecule has 15 heteroatoms. The number of fused-ring (bicyclic) bond motifs is 2. The first-order valence-electron chi connectivity index (χ1n) is 20.6. The number of nitrogens with zero attached hydrogens (tertiary/aromatic N) is 9. The van der Waals surface area contributed by atoms with Crippen molar-refractivity contribution in [3.63, 3.8) is 0 Å². The molecule has 3 aromatic carbocycles. The molecule has 6 heterocycles. The van der Waals surface area contributed by atoms with E-state index in [-0.39, 0.29) is 42.4 Å². The zero-order valence-electron chi connectivity index (χ0n) is 33.9. The summed E-state index contributed by atoms with van der Waals surface area (Å²) in [7, 11) is 3.56. The number of rotatable bonds is 8. The third-order valence-corrected chi connectivity index (χ3v) is 12.4. The highest BCUT2D eigenvalue weighted by molar-refractivity contribution is 6.11. The zero-order chi connectivity index (χ0) is 40.9. The van der Waals surface area contributed by atoms with E-state index in [9.17, 15) is 19.2 Å². The Balaban J connectivity index is 0.839. The van der Waals surface area contributed by atoms with Crippen molar-refractivity contribution < 1.29 is 14.4 Å². The lowest BCUT2D eigenvalue weighted by atomic mass is 9.87. The van der Waals surface area contributed by atoms with Crippen molar-refractivity contribution in [2.24, 2.45) is 20.0 Å². The number of piperidine rings is 3. The molecular weight excluding hydrogens is 747 g/mol. The number of hydrogen-bond donors (Lipinski definition) is 2. The zero-order valence-corrected chi connectivity index (χ0v) is 33.9. The Hall–Kier alpha value is -6.51. The molecule has 0 spiro atoms. The first kappa shape index (κ1) is 38.0. The van der Waals surface area contributed by atoms with Gasteiger partial charge in [-0.2, -0.15) is 19.8 Å². The monoisotopic (exact) mass is 795 g/mol. The summed E-state index contributed by atoms with van der Waals surface area (Å²) < 4.78 is 4.52. The second-order valence-corrected chi connectivity index (χ2v) is 16.1. The van der Waals surface area contributed by atoms with E-state index in [0.29, 0.717) is 68.2 Å². The lowest BCUT2D eigenvalue weighted by Gasteiger charge is -2.38. The SMILES string of the molecule is Cc1cccc(C)c1Nc1nn(C)c2nc(Nc3ccccc3C3CCN(C(=O)C4CCN(c5cccc6c5n(C)c(=O)n6N5C(=O)CCCC5=O)CC4)CC3)ncc12. The topological polar surface area (TPSA) is 156 Å². The summed E-state index contributed by atoms with van der Waals surface area (Å²) in [4.78, 5) is 66.7. The second kappa shape index (κ2) is 15.3. The van der Waals surface area contributed by atoms with E-state index in [1.807, 2.05) is 42.4 Å². The quantitative estimate of drug-likeness (QED) is 0.178. The second-order valence-electron chi connectivity index (χ2n) is 16.1. The molecule has 0 unspecified atom stereocenters. The van der Waals surface area contributed by atoms with Crippen molar-refractivity contribution in [1.29, 1.82) is 0 Å². The van der Waals surface area contributed by atoms with Crippen molar-refractivity contribution in [2.75, 3.05) is 46.7 Å². The molecule has 3 aliphatic rings. The molecule has 0 saturated carbocycles. The Kier molecular flexibility index (Phi) is 9.89. The van der Waals surface area contributed by atoms with Crippen LogP contribution in [-0.2, 0) is 28.5 Å². The number of imidazole rings is 1. The molecular formula is C44H49N11O4. The number of carbonyl (C=O) groups is 3. The molecule has 3 amide bonds. The highest BCUT2D eigenvalue weighted by atomic mass is 16.2. The lowest BCUT2D eigenvalue weighted by molar-refractivity contribution is -0.137. The summed E-state index contributed by atoms with van der Waals surface area (Å²) in [5.74, 6) is 0.872. The summed E-state index contributed by atoms with van der Waals surface area (Å²) in [6, 6.07) is 20.1. The van der Waals surface area contributed by atoms with E-state index in [0.717, 1.165) is 57.1 Å². The van der Waals surface area contributed by atoms with Gasteiger partial charge >= 0.3 is 5.69 Å². The maximum atomic E-state index is 13.9. The van der Waals surface area contributed by atoms with Crippen LogP contribution in [-0.4, -0.2) is 77.8 Å².